The average Bonchev–Trinajstić information content (AvgIpc) is 3.33. The van der Waals surface area contributed by atoms with Crippen molar-refractivity contribution in [2.45, 2.75) is 27.7 Å². The Hall–Kier alpha value is -3.72. The molecule has 0 bridgehead atoms. The summed E-state index contributed by atoms with van der Waals surface area (Å²) < 4.78 is 14.8. The lowest BCUT2D eigenvalue weighted by Gasteiger charge is -2.07. The average molecular weight is 426 g/mol. The zero-order valence-electron chi connectivity index (χ0n) is 19.7. The standard InChI is InChI=1S/C29H31NO2/c1-10-14-16-24-18(5)19(6)28(31-24)27-22(12-3)21(8)26(30(27)9)29-23(13-4)20(7)25(32-29)17-15-11-2/h10-17H,1-4H2,5-9H3/b16-14-,17-15-. The maximum absolute atomic E-state index is 6.33. The van der Waals surface area contributed by atoms with E-state index in [4.69, 9.17) is 8.83 Å². The van der Waals surface area contributed by atoms with E-state index in [-0.39, 0.29) is 0 Å². The van der Waals surface area contributed by atoms with Gasteiger partial charge in [-0.3, -0.25) is 0 Å². The third kappa shape index (κ3) is 3.60. The second-order valence-electron chi connectivity index (χ2n) is 7.77. The van der Waals surface area contributed by atoms with Gasteiger partial charge in [0, 0.05) is 29.3 Å². The highest BCUT2D eigenvalue weighted by Gasteiger charge is 2.27. The van der Waals surface area contributed by atoms with Crippen molar-refractivity contribution in [3.63, 3.8) is 0 Å². The fraction of sp³-hybridized carbons (Fsp3) is 0.172. The van der Waals surface area contributed by atoms with Crippen LogP contribution in [0, 0.1) is 27.7 Å². The van der Waals surface area contributed by atoms with Crippen LogP contribution in [-0.4, -0.2) is 4.57 Å². The number of aromatic nitrogens is 1. The normalized spacial score (nSPS) is 11.5. The Balaban J connectivity index is 2.33. The molecule has 3 nitrogen and oxygen atoms in total. The van der Waals surface area contributed by atoms with E-state index in [9.17, 15) is 0 Å². The summed E-state index contributed by atoms with van der Waals surface area (Å²) in [5.74, 6) is 3.22. The zero-order valence-corrected chi connectivity index (χ0v) is 19.7. The maximum Gasteiger partial charge on any atom is 0.158 e. The topological polar surface area (TPSA) is 31.2 Å². The van der Waals surface area contributed by atoms with E-state index in [1.54, 1.807) is 12.2 Å². The van der Waals surface area contributed by atoms with Gasteiger partial charge in [-0.2, -0.15) is 0 Å². The molecule has 0 fully saturated rings. The minimum absolute atomic E-state index is 0.781. The number of allylic oxidation sites excluding steroid dienone is 4. The second kappa shape index (κ2) is 9.19. The van der Waals surface area contributed by atoms with Crippen molar-refractivity contribution in [3.8, 4) is 22.9 Å². The predicted molar refractivity (Wildman–Crippen MR) is 138 cm³/mol. The lowest BCUT2D eigenvalue weighted by atomic mass is 10.0. The highest BCUT2D eigenvalue weighted by Crippen LogP contribution is 2.43. The highest BCUT2D eigenvalue weighted by molar-refractivity contribution is 5.85. The lowest BCUT2D eigenvalue weighted by Crippen LogP contribution is -1.96. The van der Waals surface area contributed by atoms with E-state index < -0.39 is 0 Å². The molecule has 164 valence electrons. The first-order valence-electron chi connectivity index (χ1n) is 10.6. The van der Waals surface area contributed by atoms with Crippen LogP contribution in [0.2, 0.25) is 0 Å². The molecule has 0 saturated carbocycles. The molecule has 0 N–H and O–H groups in total. The molecule has 0 radical (unpaired) electrons. The maximum atomic E-state index is 6.33. The molecular weight excluding hydrogens is 394 g/mol. The predicted octanol–water partition coefficient (Wildman–Crippen LogP) is 8.46. The number of hydrogen-bond donors (Lipinski definition) is 0. The van der Waals surface area contributed by atoms with Gasteiger partial charge >= 0.3 is 0 Å². The summed E-state index contributed by atoms with van der Waals surface area (Å²) in [6, 6.07) is 0. The molecule has 3 aromatic rings. The van der Waals surface area contributed by atoms with Gasteiger partial charge in [0.1, 0.15) is 11.5 Å². The smallest absolute Gasteiger partial charge is 0.158 e. The molecule has 0 aliphatic heterocycles. The first kappa shape index (κ1) is 23.0. The van der Waals surface area contributed by atoms with Crippen LogP contribution < -0.4 is 0 Å². The molecule has 3 heteroatoms. The molecule has 0 aliphatic carbocycles. The number of nitrogens with zero attached hydrogens (tertiary/aromatic N) is 1. The SMILES string of the molecule is C=C/C=C\c1oc(-c2c(C=C)c(C)c(-c3oc(/C=C\C=C)c(C)c3C=C)n2C)c(C)c1C. The van der Waals surface area contributed by atoms with E-state index in [0.29, 0.717) is 0 Å². The van der Waals surface area contributed by atoms with Crippen molar-refractivity contribution in [3.05, 3.63) is 95.5 Å². The first-order valence-corrected chi connectivity index (χ1v) is 10.6. The molecule has 0 spiro atoms. The summed E-state index contributed by atoms with van der Waals surface area (Å²) in [6.45, 7) is 23.9. The molecule has 3 aromatic heterocycles. The number of hydrogen-bond acceptors (Lipinski definition) is 2. The summed E-state index contributed by atoms with van der Waals surface area (Å²) in [6.07, 6.45) is 14.8. The van der Waals surface area contributed by atoms with Gasteiger partial charge < -0.3 is 13.4 Å². The quantitative estimate of drug-likeness (QED) is 0.339. The van der Waals surface area contributed by atoms with E-state index >= 15 is 0 Å². The van der Waals surface area contributed by atoms with Gasteiger partial charge in [0.05, 0.1) is 11.4 Å². The lowest BCUT2D eigenvalue weighted by molar-refractivity contribution is 0.557. The Kier molecular flexibility index (Phi) is 6.59. The fourth-order valence-corrected chi connectivity index (χ4v) is 4.14. The van der Waals surface area contributed by atoms with Crippen LogP contribution in [-0.2, 0) is 7.05 Å². The summed E-state index contributed by atoms with van der Waals surface area (Å²) in [5, 5.41) is 0. The number of furan rings is 2. The van der Waals surface area contributed by atoms with Crippen LogP contribution in [0.5, 0.6) is 0 Å². The Morgan fingerprint density at radius 2 is 1.16 bits per heavy atom. The summed E-state index contributed by atoms with van der Waals surface area (Å²) in [5.41, 5.74) is 8.25. The third-order valence-electron chi connectivity index (χ3n) is 6.01. The van der Waals surface area contributed by atoms with Crippen LogP contribution in [0.4, 0.5) is 0 Å². The summed E-state index contributed by atoms with van der Waals surface area (Å²) in [7, 11) is 2.03. The van der Waals surface area contributed by atoms with Gasteiger partial charge in [-0.05, 0) is 51.0 Å². The molecule has 0 atom stereocenters. The fourth-order valence-electron chi connectivity index (χ4n) is 4.14. The van der Waals surface area contributed by atoms with Gasteiger partial charge in [-0.15, -0.1) is 0 Å². The minimum atomic E-state index is 0.781. The molecule has 32 heavy (non-hydrogen) atoms. The summed E-state index contributed by atoms with van der Waals surface area (Å²) in [4.78, 5) is 0. The van der Waals surface area contributed by atoms with Gasteiger partial charge in [0.2, 0.25) is 0 Å². The van der Waals surface area contributed by atoms with Crippen LogP contribution in [0.1, 0.15) is 44.9 Å². The van der Waals surface area contributed by atoms with Crippen molar-refractivity contribution in [2.75, 3.05) is 0 Å². The Bertz CT molecular complexity index is 1280. The zero-order chi connectivity index (χ0) is 23.6. The van der Waals surface area contributed by atoms with Crippen LogP contribution >= 0.6 is 0 Å². The van der Waals surface area contributed by atoms with E-state index in [0.717, 1.165) is 67.8 Å². The monoisotopic (exact) mass is 425 g/mol. The molecule has 0 amide bonds. The Morgan fingerprint density at radius 3 is 1.69 bits per heavy atom. The van der Waals surface area contributed by atoms with Gasteiger partial charge in [0.15, 0.2) is 11.5 Å². The van der Waals surface area contributed by atoms with Crippen LogP contribution in [0.25, 0.3) is 47.2 Å². The van der Waals surface area contributed by atoms with Crippen LogP contribution in [0.3, 0.4) is 0 Å². The summed E-state index contributed by atoms with van der Waals surface area (Å²) >= 11 is 0. The van der Waals surface area contributed by atoms with E-state index in [1.165, 1.54) is 0 Å². The van der Waals surface area contributed by atoms with E-state index in [1.807, 2.05) is 50.4 Å². The highest BCUT2D eigenvalue weighted by atomic mass is 16.3. The van der Waals surface area contributed by atoms with Crippen molar-refractivity contribution >= 4 is 24.3 Å². The number of rotatable bonds is 8. The van der Waals surface area contributed by atoms with Crippen molar-refractivity contribution in [2.24, 2.45) is 7.05 Å². The second-order valence-corrected chi connectivity index (χ2v) is 7.77. The minimum Gasteiger partial charge on any atom is -0.455 e. The molecular formula is C29H31NO2. The molecule has 3 rings (SSSR count). The van der Waals surface area contributed by atoms with Gasteiger partial charge in [0.25, 0.3) is 0 Å². The van der Waals surface area contributed by atoms with Crippen LogP contribution in [0.15, 0.2) is 59.5 Å². The molecule has 3 heterocycles. The van der Waals surface area contributed by atoms with Crippen molar-refractivity contribution in [1.82, 2.24) is 4.57 Å². The molecule has 0 aliphatic rings. The molecule has 0 unspecified atom stereocenters. The molecule has 0 aromatic carbocycles. The van der Waals surface area contributed by atoms with Gasteiger partial charge in [-0.25, -0.2) is 0 Å². The molecule has 0 saturated heterocycles. The largest absolute Gasteiger partial charge is 0.455 e. The third-order valence-corrected chi connectivity index (χ3v) is 6.01. The van der Waals surface area contributed by atoms with Crippen molar-refractivity contribution in [1.29, 1.82) is 0 Å². The first-order chi connectivity index (χ1) is 15.3. The van der Waals surface area contributed by atoms with Gasteiger partial charge in [-0.1, -0.05) is 62.8 Å². The van der Waals surface area contributed by atoms with E-state index in [2.05, 4.69) is 51.7 Å². The Morgan fingerprint density at radius 1 is 0.625 bits per heavy atom. The Labute approximate surface area is 191 Å². The van der Waals surface area contributed by atoms with Crippen molar-refractivity contribution < 1.29 is 8.83 Å².